The molecule has 0 saturated carbocycles. The molecule has 18 heavy (non-hydrogen) atoms. The van der Waals surface area contributed by atoms with Crippen LogP contribution >= 0.6 is 15.9 Å². The van der Waals surface area contributed by atoms with Crippen LogP contribution in [0.5, 0.6) is 5.75 Å². The molecule has 98 valence electrons. The average molecular weight is 315 g/mol. The number of hydrogen-bond acceptors (Lipinski definition) is 4. The molecule has 2 heterocycles. The second-order valence-corrected chi connectivity index (χ2v) is 5.78. The lowest BCUT2D eigenvalue weighted by atomic mass is 10.2. The van der Waals surface area contributed by atoms with E-state index in [4.69, 9.17) is 9.47 Å². The van der Waals surface area contributed by atoms with Gasteiger partial charge in [-0.15, -0.1) is 0 Å². The largest absolute Gasteiger partial charge is 0.487 e. The molecule has 0 radical (unpaired) electrons. The molecule has 1 amide bonds. The van der Waals surface area contributed by atoms with E-state index in [2.05, 4.69) is 20.9 Å². The van der Waals surface area contributed by atoms with Gasteiger partial charge in [0, 0.05) is 6.20 Å². The summed E-state index contributed by atoms with van der Waals surface area (Å²) in [5, 5.41) is 0. The van der Waals surface area contributed by atoms with Crippen LogP contribution in [-0.2, 0) is 4.74 Å². The van der Waals surface area contributed by atoms with Gasteiger partial charge in [0.25, 0.3) is 0 Å². The standard InChI is InChI=1S/C12H15BrN2O3/c1-12(2,3)18-11(16)15-6-7-17-9-8(13)4-5-14-10(9)15/h4-5H,6-7H2,1-3H3. The van der Waals surface area contributed by atoms with Gasteiger partial charge in [0.15, 0.2) is 11.6 Å². The third kappa shape index (κ3) is 2.75. The molecule has 0 saturated heterocycles. The number of hydrogen-bond donors (Lipinski definition) is 0. The van der Waals surface area contributed by atoms with Gasteiger partial charge in [-0.3, -0.25) is 4.90 Å². The summed E-state index contributed by atoms with van der Waals surface area (Å²) in [5.74, 6) is 1.07. The molecule has 0 atom stereocenters. The third-order valence-corrected chi connectivity index (χ3v) is 2.89. The van der Waals surface area contributed by atoms with E-state index in [1.807, 2.05) is 20.8 Å². The van der Waals surface area contributed by atoms with Crippen molar-refractivity contribution in [1.82, 2.24) is 4.98 Å². The number of amides is 1. The van der Waals surface area contributed by atoms with Crippen LogP contribution in [0, 0.1) is 0 Å². The van der Waals surface area contributed by atoms with E-state index in [1.54, 1.807) is 12.3 Å². The number of halogens is 1. The molecule has 0 bridgehead atoms. The van der Waals surface area contributed by atoms with Gasteiger partial charge in [-0.1, -0.05) is 0 Å². The highest BCUT2D eigenvalue weighted by Gasteiger charge is 2.30. The summed E-state index contributed by atoms with van der Waals surface area (Å²) in [6.07, 6.45) is 1.22. The van der Waals surface area contributed by atoms with Crippen molar-refractivity contribution in [1.29, 1.82) is 0 Å². The first-order valence-corrected chi connectivity index (χ1v) is 6.45. The highest BCUT2D eigenvalue weighted by molar-refractivity contribution is 9.10. The summed E-state index contributed by atoms with van der Waals surface area (Å²) >= 11 is 3.38. The summed E-state index contributed by atoms with van der Waals surface area (Å²) in [6, 6.07) is 1.78. The molecular weight excluding hydrogens is 300 g/mol. The number of carbonyl (C=O) groups is 1. The zero-order chi connectivity index (χ0) is 13.3. The maximum absolute atomic E-state index is 12.1. The maximum Gasteiger partial charge on any atom is 0.416 e. The number of anilines is 1. The van der Waals surface area contributed by atoms with Crippen LogP contribution in [0.3, 0.4) is 0 Å². The summed E-state index contributed by atoms with van der Waals surface area (Å²) < 4.78 is 11.6. The van der Waals surface area contributed by atoms with Crippen molar-refractivity contribution in [2.75, 3.05) is 18.1 Å². The lowest BCUT2D eigenvalue weighted by Crippen LogP contribution is -2.42. The van der Waals surface area contributed by atoms with Crippen LogP contribution in [0.15, 0.2) is 16.7 Å². The number of fused-ring (bicyclic) bond motifs is 1. The van der Waals surface area contributed by atoms with Gasteiger partial charge in [-0.25, -0.2) is 9.78 Å². The molecule has 1 aliphatic heterocycles. The minimum Gasteiger partial charge on any atom is -0.487 e. The lowest BCUT2D eigenvalue weighted by Gasteiger charge is -2.30. The van der Waals surface area contributed by atoms with E-state index in [-0.39, 0.29) is 0 Å². The SMILES string of the molecule is CC(C)(C)OC(=O)N1CCOc2c(Br)ccnc21. The Morgan fingerprint density at radius 3 is 2.94 bits per heavy atom. The lowest BCUT2D eigenvalue weighted by molar-refractivity contribution is 0.0566. The molecule has 5 nitrogen and oxygen atoms in total. The Balaban J connectivity index is 2.28. The highest BCUT2D eigenvalue weighted by atomic mass is 79.9. The van der Waals surface area contributed by atoms with Crippen LogP contribution in [-0.4, -0.2) is 29.8 Å². The first kappa shape index (κ1) is 13.1. The quantitative estimate of drug-likeness (QED) is 0.738. The Bertz CT molecular complexity index is 471. The van der Waals surface area contributed by atoms with E-state index in [0.717, 1.165) is 4.47 Å². The van der Waals surface area contributed by atoms with Gasteiger partial charge in [-0.2, -0.15) is 0 Å². The number of rotatable bonds is 0. The fourth-order valence-electron chi connectivity index (χ4n) is 1.58. The van der Waals surface area contributed by atoms with Crippen molar-refractivity contribution >= 4 is 27.8 Å². The highest BCUT2D eigenvalue weighted by Crippen LogP contribution is 2.36. The summed E-state index contributed by atoms with van der Waals surface area (Å²) in [4.78, 5) is 17.8. The maximum atomic E-state index is 12.1. The normalized spacial score (nSPS) is 14.8. The number of ether oxygens (including phenoxy) is 2. The molecular formula is C12H15BrN2O3. The molecule has 6 heteroatoms. The van der Waals surface area contributed by atoms with E-state index < -0.39 is 11.7 Å². The van der Waals surface area contributed by atoms with Gasteiger partial charge >= 0.3 is 6.09 Å². The smallest absolute Gasteiger partial charge is 0.416 e. The molecule has 1 aromatic rings. The Morgan fingerprint density at radius 1 is 1.56 bits per heavy atom. The van der Waals surface area contributed by atoms with E-state index in [1.165, 1.54) is 4.90 Å². The molecule has 0 aromatic carbocycles. The summed E-state index contributed by atoms with van der Waals surface area (Å²) in [6.45, 7) is 6.36. The number of nitrogens with zero attached hydrogens (tertiary/aromatic N) is 2. The minimum atomic E-state index is -0.526. The predicted octanol–water partition coefficient (Wildman–Crippen LogP) is 2.98. The van der Waals surface area contributed by atoms with E-state index >= 15 is 0 Å². The molecule has 0 aliphatic carbocycles. The fraction of sp³-hybridized carbons (Fsp3) is 0.500. The van der Waals surface area contributed by atoms with Crippen LogP contribution in [0.2, 0.25) is 0 Å². The Labute approximate surface area is 114 Å². The second kappa shape index (κ2) is 4.76. The Hall–Kier alpha value is -1.30. The van der Waals surface area contributed by atoms with Gasteiger partial charge in [0.2, 0.25) is 0 Å². The molecule has 0 N–H and O–H groups in total. The van der Waals surface area contributed by atoms with Crippen molar-refractivity contribution in [2.45, 2.75) is 26.4 Å². The van der Waals surface area contributed by atoms with Crippen LogP contribution in [0.1, 0.15) is 20.8 Å². The molecule has 0 spiro atoms. The Morgan fingerprint density at radius 2 is 2.28 bits per heavy atom. The topological polar surface area (TPSA) is 51.7 Å². The summed E-state index contributed by atoms with van der Waals surface area (Å²) in [5.41, 5.74) is -0.526. The average Bonchev–Trinajstić information content (AvgIpc) is 2.26. The van der Waals surface area contributed by atoms with Crippen LogP contribution in [0.4, 0.5) is 10.6 Å². The third-order valence-electron chi connectivity index (χ3n) is 2.27. The van der Waals surface area contributed by atoms with Gasteiger partial charge < -0.3 is 9.47 Å². The van der Waals surface area contributed by atoms with Crippen molar-refractivity contribution < 1.29 is 14.3 Å². The van der Waals surface area contributed by atoms with Gasteiger partial charge in [0.1, 0.15) is 12.2 Å². The van der Waals surface area contributed by atoms with E-state index in [0.29, 0.717) is 24.7 Å². The first-order valence-electron chi connectivity index (χ1n) is 5.66. The van der Waals surface area contributed by atoms with Crippen molar-refractivity contribution in [3.63, 3.8) is 0 Å². The number of pyridine rings is 1. The number of aromatic nitrogens is 1. The molecule has 1 aromatic heterocycles. The number of carbonyl (C=O) groups excluding carboxylic acids is 1. The zero-order valence-electron chi connectivity index (χ0n) is 10.6. The molecule has 0 unspecified atom stereocenters. The minimum absolute atomic E-state index is 0.405. The molecule has 1 aliphatic rings. The summed E-state index contributed by atoms with van der Waals surface area (Å²) in [7, 11) is 0. The second-order valence-electron chi connectivity index (χ2n) is 4.93. The van der Waals surface area contributed by atoms with Crippen molar-refractivity contribution in [3.8, 4) is 5.75 Å². The fourth-order valence-corrected chi connectivity index (χ4v) is 1.99. The molecule has 0 fully saturated rings. The van der Waals surface area contributed by atoms with Crippen LogP contribution < -0.4 is 9.64 Å². The first-order chi connectivity index (χ1) is 8.38. The zero-order valence-corrected chi connectivity index (χ0v) is 12.2. The van der Waals surface area contributed by atoms with Gasteiger partial charge in [-0.05, 0) is 42.8 Å². The Kier molecular flexibility index (Phi) is 3.47. The van der Waals surface area contributed by atoms with Crippen molar-refractivity contribution in [3.05, 3.63) is 16.7 Å². The van der Waals surface area contributed by atoms with Crippen LogP contribution in [0.25, 0.3) is 0 Å². The van der Waals surface area contributed by atoms with E-state index in [9.17, 15) is 4.79 Å². The molecule has 2 rings (SSSR count). The predicted molar refractivity (Wildman–Crippen MR) is 71.0 cm³/mol. The van der Waals surface area contributed by atoms with Gasteiger partial charge in [0.05, 0.1) is 11.0 Å². The van der Waals surface area contributed by atoms with Crippen molar-refractivity contribution in [2.24, 2.45) is 0 Å². The monoisotopic (exact) mass is 314 g/mol.